The van der Waals surface area contributed by atoms with E-state index in [1.54, 1.807) is 6.07 Å². The number of hydrogen-bond donors (Lipinski definition) is 2. The molecule has 0 radical (unpaired) electrons. The Hall–Kier alpha value is -1.02. The molecule has 0 heterocycles. The van der Waals surface area contributed by atoms with Gasteiger partial charge in [-0.1, -0.05) is 12.1 Å². The number of benzene rings is 1. The van der Waals surface area contributed by atoms with E-state index in [1.165, 1.54) is 0 Å². The quantitative estimate of drug-likeness (QED) is 0.702. The second-order valence-electron chi connectivity index (χ2n) is 3.07. The van der Waals surface area contributed by atoms with E-state index in [1.807, 2.05) is 33.0 Å². The summed E-state index contributed by atoms with van der Waals surface area (Å²) in [5, 5.41) is 12.6. The molecule has 0 aliphatic heterocycles. The van der Waals surface area contributed by atoms with Gasteiger partial charge in [0.15, 0.2) is 0 Å². The molecular weight excluding hydrogens is 150 g/mol. The van der Waals surface area contributed by atoms with Crippen LogP contribution < -0.4 is 5.32 Å². The smallest absolute Gasteiger partial charge is 0.120 e. The van der Waals surface area contributed by atoms with Crippen molar-refractivity contribution in [1.29, 1.82) is 0 Å². The molecule has 0 aliphatic carbocycles. The first-order valence-corrected chi connectivity index (χ1v) is 4.12. The molecule has 1 atom stereocenters. The van der Waals surface area contributed by atoms with Gasteiger partial charge in [-0.3, -0.25) is 0 Å². The van der Waals surface area contributed by atoms with Crippen molar-refractivity contribution in [2.24, 2.45) is 0 Å². The number of phenols is 1. The van der Waals surface area contributed by atoms with Gasteiger partial charge < -0.3 is 10.4 Å². The Morgan fingerprint density at radius 2 is 2.08 bits per heavy atom. The van der Waals surface area contributed by atoms with Crippen molar-refractivity contribution in [2.45, 2.75) is 19.9 Å². The zero-order chi connectivity index (χ0) is 9.14. The summed E-state index contributed by atoms with van der Waals surface area (Å²) in [7, 11) is 1.88. The molecule has 0 spiro atoms. The first-order chi connectivity index (χ1) is 5.65. The Balaban J connectivity index is 3.01. The standard InChI is InChI=1S/C10H15NO/c1-7-4-5-9(8(2)11-3)10(12)6-7/h4-6,8,11-12H,1-3H3/t8-/m1/s1. The second kappa shape index (κ2) is 3.59. The van der Waals surface area contributed by atoms with E-state index in [-0.39, 0.29) is 6.04 Å². The van der Waals surface area contributed by atoms with E-state index in [2.05, 4.69) is 5.32 Å². The van der Waals surface area contributed by atoms with Crippen LogP contribution in [0.3, 0.4) is 0 Å². The van der Waals surface area contributed by atoms with Crippen molar-refractivity contribution in [3.63, 3.8) is 0 Å². The molecular formula is C10H15NO. The van der Waals surface area contributed by atoms with Crippen LogP contribution >= 0.6 is 0 Å². The van der Waals surface area contributed by atoms with Crippen LogP contribution in [0.1, 0.15) is 24.1 Å². The second-order valence-corrected chi connectivity index (χ2v) is 3.07. The third-order valence-electron chi connectivity index (χ3n) is 2.09. The van der Waals surface area contributed by atoms with Crippen LogP contribution in [0.4, 0.5) is 0 Å². The average Bonchev–Trinajstić information content (AvgIpc) is 2.03. The highest BCUT2D eigenvalue weighted by Crippen LogP contribution is 2.24. The van der Waals surface area contributed by atoms with E-state index < -0.39 is 0 Å². The molecule has 0 amide bonds. The lowest BCUT2D eigenvalue weighted by Gasteiger charge is -2.12. The molecule has 2 N–H and O–H groups in total. The molecule has 0 saturated heterocycles. The minimum Gasteiger partial charge on any atom is -0.508 e. The van der Waals surface area contributed by atoms with Crippen molar-refractivity contribution in [1.82, 2.24) is 5.32 Å². The van der Waals surface area contributed by atoms with Crippen LogP contribution in [0, 0.1) is 6.92 Å². The zero-order valence-corrected chi connectivity index (χ0v) is 7.76. The highest BCUT2D eigenvalue weighted by atomic mass is 16.3. The highest BCUT2D eigenvalue weighted by molar-refractivity contribution is 5.37. The predicted molar refractivity (Wildman–Crippen MR) is 50.3 cm³/mol. The Morgan fingerprint density at radius 1 is 1.42 bits per heavy atom. The van der Waals surface area contributed by atoms with Crippen molar-refractivity contribution >= 4 is 0 Å². The molecule has 2 heteroatoms. The van der Waals surface area contributed by atoms with Crippen LogP contribution in [-0.4, -0.2) is 12.2 Å². The Morgan fingerprint density at radius 3 is 2.58 bits per heavy atom. The third-order valence-corrected chi connectivity index (χ3v) is 2.09. The number of aryl methyl sites for hydroxylation is 1. The van der Waals surface area contributed by atoms with Gasteiger partial charge in [-0.05, 0) is 32.5 Å². The maximum atomic E-state index is 9.55. The van der Waals surface area contributed by atoms with E-state index in [0.717, 1.165) is 11.1 Å². The summed E-state index contributed by atoms with van der Waals surface area (Å²) >= 11 is 0. The summed E-state index contributed by atoms with van der Waals surface area (Å²) in [5.41, 5.74) is 2.03. The summed E-state index contributed by atoms with van der Waals surface area (Å²) in [6.45, 7) is 3.98. The lowest BCUT2D eigenvalue weighted by atomic mass is 10.1. The lowest BCUT2D eigenvalue weighted by Crippen LogP contribution is -2.12. The Kier molecular flexibility index (Phi) is 2.71. The van der Waals surface area contributed by atoms with Crippen molar-refractivity contribution < 1.29 is 5.11 Å². The van der Waals surface area contributed by atoms with E-state index in [9.17, 15) is 5.11 Å². The van der Waals surface area contributed by atoms with Gasteiger partial charge in [-0.25, -0.2) is 0 Å². The first-order valence-electron chi connectivity index (χ1n) is 4.12. The van der Waals surface area contributed by atoms with Crippen LogP contribution in [-0.2, 0) is 0 Å². The topological polar surface area (TPSA) is 32.3 Å². The van der Waals surface area contributed by atoms with E-state index >= 15 is 0 Å². The monoisotopic (exact) mass is 165 g/mol. The number of hydrogen-bond acceptors (Lipinski definition) is 2. The molecule has 0 aliphatic rings. The number of phenolic OH excluding ortho intramolecular Hbond substituents is 1. The van der Waals surface area contributed by atoms with Crippen LogP contribution in [0.15, 0.2) is 18.2 Å². The summed E-state index contributed by atoms with van der Waals surface area (Å²) in [6.07, 6.45) is 0. The van der Waals surface area contributed by atoms with Gasteiger partial charge in [0, 0.05) is 11.6 Å². The van der Waals surface area contributed by atoms with Crippen molar-refractivity contribution in [3.05, 3.63) is 29.3 Å². The van der Waals surface area contributed by atoms with Crippen molar-refractivity contribution in [3.8, 4) is 5.75 Å². The first kappa shape index (κ1) is 9.07. The molecule has 1 aromatic carbocycles. The molecule has 0 saturated carbocycles. The maximum absolute atomic E-state index is 9.55. The van der Waals surface area contributed by atoms with Crippen molar-refractivity contribution in [2.75, 3.05) is 7.05 Å². The summed E-state index contributed by atoms with van der Waals surface area (Å²) in [5.74, 6) is 0.372. The zero-order valence-electron chi connectivity index (χ0n) is 7.76. The molecule has 0 aromatic heterocycles. The lowest BCUT2D eigenvalue weighted by molar-refractivity contribution is 0.457. The molecule has 0 fully saturated rings. The van der Waals surface area contributed by atoms with Gasteiger partial charge in [0.25, 0.3) is 0 Å². The van der Waals surface area contributed by atoms with Gasteiger partial charge in [0.2, 0.25) is 0 Å². The molecule has 0 bridgehead atoms. The normalized spacial score (nSPS) is 12.9. The van der Waals surface area contributed by atoms with Gasteiger partial charge in [0.05, 0.1) is 0 Å². The Labute approximate surface area is 73.2 Å². The SMILES string of the molecule is CN[C@H](C)c1ccc(C)cc1O. The summed E-state index contributed by atoms with van der Waals surface area (Å²) in [6, 6.07) is 5.93. The van der Waals surface area contributed by atoms with E-state index in [4.69, 9.17) is 0 Å². The molecule has 1 rings (SSSR count). The van der Waals surface area contributed by atoms with Crippen LogP contribution in [0.5, 0.6) is 5.75 Å². The summed E-state index contributed by atoms with van der Waals surface area (Å²) in [4.78, 5) is 0. The molecule has 12 heavy (non-hydrogen) atoms. The molecule has 0 unspecified atom stereocenters. The molecule has 1 aromatic rings. The predicted octanol–water partition coefficient (Wildman–Crippen LogP) is 1.98. The maximum Gasteiger partial charge on any atom is 0.120 e. The number of nitrogens with one attached hydrogen (secondary N) is 1. The fourth-order valence-corrected chi connectivity index (χ4v) is 1.18. The van der Waals surface area contributed by atoms with Gasteiger partial charge in [-0.15, -0.1) is 0 Å². The number of aromatic hydroxyl groups is 1. The van der Waals surface area contributed by atoms with Crippen LogP contribution in [0.25, 0.3) is 0 Å². The molecule has 66 valence electrons. The largest absolute Gasteiger partial charge is 0.508 e. The number of rotatable bonds is 2. The highest BCUT2D eigenvalue weighted by Gasteiger charge is 2.06. The van der Waals surface area contributed by atoms with Gasteiger partial charge in [0.1, 0.15) is 5.75 Å². The average molecular weight is 165 g/mol. The third kappa shape index (κ3) is 1.77. The minimum atomic E-state index is 0.200. The van der Waals surface area contributed by atoms with Gasteiger partial charge >= 0.3 is 0 Å². The Bertz CT molecular complexity index is 271. The van der Waals surface area contributed by atoms with Crippen LogP contribution in [0.2, 0.25) is 0 Å². The van der Waals surface area contributed by atoms with E-state index in [0.29, 0.717) is 5.75 Å². The fourth-order valence-electron chi connectivity index (χ4n) is 1.18. The molecule has 2 nitrogen and oxygen atoms in total. The fraction of sp³-hybridized carbons (Fsp3) is 0.400. The summed E-state index contributed by atoms with van der Waals surface area (Å²) < 4.78 is 0. The minimum absolute atomic E-state index is 0.200. The van der Waals surface area contributed by atoms with Gasteiger partial charge in [-0.2, -0.15) is 0 Å².